The second kappa shape index (κ2) is 3.70. The molecule has 1 N–H and O–H groups in total. The molecular formula is C9H9ClO2S. The van der Waals surface area contributed by atoms with Gasteiger partial charge in [-0.1, -0.05) is 11.6 Å². The smallest absolute Gasteiger partial charge is 0.106 e. The number of ether oxygens (including phenoxy) is 1. The lowest BCUT2D eigenvalue weighted by Crippen LogP contribution is -1.98. The van der Waals surface area contributed by atoms with Crippen molar-refractivity contribution in [3.63, 3.8) is 0 Å². The Morgan fingerprint density at radius 3 is 3.00 bits per heavy atom. The number of aliphatic hydroxyl groups is 1. The van der Waals surface area contributed by atoms with Crippen LogP contribution in [0.25, 0.3) is 0 Å². The summed E-state index contributed by atoms with van der Waals surface area (Å²) in [5, 5.41) is 11.7. The highest BCUT2D eigenvalue weighted by molar-refractivity contribution is 7.14. The summed E-state index contributed by atoms with van der Waals surface area (Å²) in [7, 11) is 0. The molecule has 2 heterocycles. The van der Waals surface area contributed by atoms with Crippen LogP contribution >= 0.6 is 22.9 Å². The number of thiophene rings is 1. The van der Waals surface area contributed by atoms with Gasteiger partial charge in [-0.05, 0) is 11.4 Å². The Balaban J connectivity index is 2.21. The number of hydrogen-bond acceptors (Lipinski definition) is 3. The van der Waals surface area contributed by atoms with Crippen molar-refractivity contribution < 1.29 is 9.84 Å². The molecule has 0 aliphatic carbocycles. The van der Waals surface area contributed by atoms with Crippen LogP contribution in [0.1, 0.15) is 18.1 Å². The molecule has 1 aliphatic rings. The first-order valence-corrected chi connectivity index (χ1v) is 5.26. The van der Waals surface area contributed by atoms with Gasteiger partial charge in [-0.25, -0.2) is 0 Å². The summed E-state index contributed by atoms with van der Waals surface area (Å²) >= 11 is 7.33. The van der Waals surface area contributed by atoms with Crippen LogP contribution in [0.15, 0.2) is 23.3 Å². The molecule has 0 fully saturated rings. The SMILES string of the molecule is OC(C1=COCC1)c1ccsc1Cl. The molecular weight excluding hydrogens is 208 g/mol. The van der Waals surface area contributed by atoms with Crippen LogP contribution in [0, 0.1) is 0 Å². The minimum atomic E-state index is -0.596. The molecule has 0 saturated heterocycles. The third-order valence-electron chi connectivity index (χ3n) is 2.04. The summed E-state index contributed by atoms with van der Waals surface area (Å²) in [4.78, 5) is 0. The van der Waals surface area contributed by atoms with E-state index in [1.165, 1.54) is 11.3 Å². The van der Waals surface area contributed by atoms with Crippen LogP contribution < -0.4 is 0 Å². The van der Waals surface area contributed by atoms with Gasteiger partial charge in [0, 0.05) is 17.6 Å². The highest BCUT2D eigenvalue weighted by Gasteiger charge is 2.20. The van der Waals surface area contributed by atoms with E-state index in [4.69, 9.17) is 16.3 Å². The van der Waals surface area contributed by atoms with E-state index >= 15 is 0 Å². The lowest BCUT2D eigenvalue weighted by Gasteiger charge is -2.08. The molecule has 1 atom stereocenters. The van der Waals surface area contributed by atoms with Crippen molar-refractivity contribution in [3.05, 3.63) is 33.2 Å². The summed E-state index contributed by atoms with van der Waals surface area (Å²) in [6, 6.07) is 1.84. The van der Waals surface area contributed by atoms with Gasteiger partial charge in [-0.2, -0.15) is 0 Å². The standard InChI is InChI=1S/C9H9ClO2S/c10-9-7(2-4-13-9)8(11)6-1-3-12-5-6/h2,4-5,8,11H,1,3H2. The fourth-order valence-corrected chi connectivity index (χ4v) is 2.27. The first-order valence-electron chi connectivity index (χ1n) is 4.00. The van der Waals surface area contributed by atoms with Gasteiger partial charge in [-0.3, -0.25) is 0 Å². The van der Waals surface area contributed by atoms with E-state index in [9.17, 15) is 5.11 Å². The average Bonchev–Trinajstić information content (AvgIpc) is 2.72. The van der Waals surface area contributed by atoms with Gasteiger partial charge in [0.05, 0.1) is 17.2 Å². The summed E-state index contributed by atoms with van der Waals surface area (Å²) in [5.41, 5.74) is 1.68. The van der Waals surface area contributed by atoms with Crippen molar-refractivity contribution in [1.29, 1.82) is 0 Å². The zero-order valence-corrected chi connectivity index (χ0v) is 8.44. The van der Waals surface area contributed by atoms with Crippen LogP contribution in [0.5, 0.6) is 0 Å². The summed E-state index contributed by atoms with van der Waals surface area (Å²) in [6.45, 7) is 0.661. The molecule has 70 valence electrons. The van der Waals surface area contributed by atoms with Gasteiger partial charge in [0.15, 0.2) is 0 Å². The van der Waals surface area contributed by atoms with Crippen molar-refractivity contribution >= 4 is 22.9 Å². The molecule has 0 aromatic carbocycles. The van der Waals surface area contributed by atoms with Gasteiger partial charge in [0.25, 0.3) is 0 Å². The highest BCUT2D eigenvalue weighted by atomic mass is 35.5. The molecule has 2 nitrogen and oxygen atoms in total. The number of rotatable bonds is 2. The Kier molecular flexibility index (Phi) is 2.58. The van der Waals surface area contributed by atoms with Crippen molar-refractivity contribution in [2.24, 2.45) is 0 Å². The van der Waals surface area contributed by atoms with E-state index in [0.717, 1.165) is 17.6 Å². The normalized spacial score (nSPS) is 18.2. The molecule has 1 aliphatic heterocycles. The van der Waals surface area contributed by atoms with E-state index < -0.39 is 6.10 Å². The van der Waals surface area contributed by atoms with Crippen LogP contribution in [-0.2, 0) is 4.74 Å². The van der Waals surface area contributed by atoms with Crippen molar-refractivity contribution in [3.8, 4) is 0 Å². The Morgan fingerprint density at radius 1 is 1.62 bits per heavy atom. The maximum atomic E-state index is 9.86. The zero-order chi connectivity index (χ0) is 9.26. The maximum Gasteiger partial charge on any atom is 0.106 e. The quantitative estimate of drug-likeness (QED) is 0.824. The van der Waals surface area contributed by atoms with E-state index in [1.54, 1.807) is 6.26 Å². The minimum Gasteiger partial charge on any atom is -0.501 e. The van der Waals surface area contributed by atoms with Crippen LogP contribution in [-0.4, -0.2) is 11.7 Å². The fourth-order valence-electron chi connectivity index (χ4n) is 1.30. The molecule has 0 spiro atoms. The molecule has 1 unspecified atom stereocenters. The molecule has 1 aromatic rings. The lowest BCUT2D eigenvalue weighted by atomic mass is 10.0. The molecule has 4 heteroatoms. The monoisotopic (exact) mass is 216 g/mol. The Morgan fingerprint density at radius 2 is 2.46 bits per heavy atom. The lowest BCUT2D eigenvalue weighted by molar-refractivity contribution is 0.214. The molecule has 13 heavy (non-hydrogen) atoms. The molecule has 0 saturated carbocycles. The minimum absolute atomic E-state index is 0.596. The van der Waals surface area contributed by atoms with E-state index in [-0.39, 0.29) is 0 Å². The number of halogens is 1. The first-order chi connectivity index (χ1) is 6.29. The second-order valence-corrected chi connectivity index (χ2v) is 4.38. The molecule has 1 aromatic heterocycles. The first kappa shape index (κ1) is 9.06. The third-order valence-corrected chi connectivity index (χ3v) is 3.24. The second-order valence-electron chi connectivity index (χ2n) is 2.87. The van der Waals surface area contributed by atoms with Crippen LogP contribution in [0.2, 0.25) is 4.34 Å². The van der Waals surface area contributed by atoms with Gasteiger partial charge in [-0.15, -0.1) is 11.3 Å². The van der Waals surface area contributed by atoms with Crippen LogP contribution in [0.3, 0.4) is 0 Å². The Bertz CT molecular complexity index is 332. The van der Waals surface area contributed by atoms with Gasteiger partial charge < -0.3 is 9.84 Å². The Labute approximate surface area is 85.4 Å². The molecule has 2 rings (SSSR count). The summed E-state index contributed by atoms with van der Waals surface area (Å²) < 4.78 is 5.71. The summed E-state index contributed by atoms with van der Waals surface area (Å²) in [5.74, 6) is 0. The average molecular weight is 217 g/mol. The van der Waals surface area contributed by atoms with Gasteiger partial charge in [0.2, 0.25) is 0 Å². The van der Waals surface area contributed by atoms with Gasteiger partial charge in [0.1, 0.15) is 6.10 Å². The predicted octanol–water partition coefficient (Wildman–Crippen LogP) is 2.74. The molecule has 0 amide bonds. The predicted molar refractivity (Wildman–Crippen MR) is 52.9 cm³/mol. The van der Waals surface area contributed by atoms with Gasteiger partial charge >= 0.3 is 0 Å². The van der Waals surface area contributed by atoms with Crippen molar-refractivity contribution in [2.45, 2.75) is 12.5 Å². The molecule has 0 radical (unpaired) electrons. The molecule has 0 bridgehead atoms. The topological polar surface area (TPSA) is 29.5 Å². The number of hydrogen-bond donors (Lipinski definition) is 1. The third kappa shape index (κ3) is 1.73. The highest BCUT2D eigenvalue weighted by Crippen LogP contribution is 2.34. The zero-order valence-electron chi connectivity index (χ0n) is 6.87. The Hall–Kier alpha value is -0.510. The van der Waals surface area contributed by atoms with Crippen molar-refractivity contribution in [2.75, 3.05) is 6.61 Å². The largest absolute Gasteiger partial charge is 0.501 e. The number of aliphatic hydroxyl groups excluding tert-OH is 1. The van der Waals surface area contributed by atoms with E-state index in [0.29, 0.717) is 10.9 Å². The maximum absolute atomic E-state index is 9.86. The van der Waals surface area contributed by atoms with E-state index in [1.807, 2.05) is 11.4 Å². The van der Waals surface area contributed by atoms with Crippen LogP contribution in [0.4, 0.5) is 0 Å². The summed E-state index contributed by atoms with van der Waals surface area (Å²) in [6.07, 6.45) is 1.81. The van der Waals surface area contributed by atoms with Crippen molar-refractivity contribution in [1.82, 2.24) is 0 Å². The van der Waals surface area contributed by atoms with E-state index in [2.05, 4.69) is 0 Å². The fraction of sp³-hybridized carbons (Fsp3) is 0.333.